The number of hydrogen-bond acceptors (Lipinski definition) is 5. The number of nitrogens with one attached hydrogen (secondary N) is 1. The van der Waals surface area contributed by atoms with Gasteiger partial charge in [-0.3, -0.25) is 0 Å². The van der Waals surface area contributed by atoms with Gasteiger partial charge in [0.05, 0.1) is 0 Å². The van der Waals surface area contributed by atoms with E-state index in [0.29, 0.717) is 0 Å². The molecule has 1 N–H and O–H groups in total. The molecule has 6 heteroatoms. The quantitative estimate of drug-likeness (QED) is 0.821. The predicted molar refractivity (Wildman–Crippen MR) is 69.0 cm³/mol. The fourth-order valence-corrected chi connectivity index (χ4v) is 2.17. The van der Waals surface area contributed by atoms with Crippen molar-refractivity contribution in [1.82, 2.24) is 19.7 Å². The summed E-state index contributed by atoms with van der Waals surface area (Å²) >= 11 is 1.65. The van der Waals surface area contributed by atoms with Crippen molar-refractivity contribution >= 4 is 17.6 Å². The number of pyridine rings is 1. The molecule has 2 aromatic rings. The molecule has 0 atom stereocenters. The zero-order valence-corrected chi connectivity index (χ0v) is 10.7. The minimum atomic E-state index is 0.853. The maximum Gasteiger partial charge on any atom is 0.191 e. The molecule has 0 bridgehead atoms. The molecule has 0 saturated heterocycles. The highest BCUT2D eigenvalue weighted by Gasteiger charge is 2.02. The van der Waals surface area contributed by atoms with Crippen molar-refractivity contribution in [3.63, 3.8) is 0 Å². The van der Waals surface area contributed by atoms with Crippen LogP contribution < -0.4 is 5.32 Å². The van der Waals surface area contributed by atoms with Crippen LogP contribution in [0.15, 0.2) is 29.8 Å². The molecule has 0 amide bonds. The van der Waals surface area contributed by atoms with Crippen LogP contribution in [0.3, 0.4) is 0 Å². The number of aromatic nitrogens is 4. The van der Waals surface area contributed by atoms with Gasteiger partial charge in [-0.05, 0) is 18.6 Å². The molecule has 0 radical (unpaired) electrons. The van der Waals surface area contributed by atoms with E-state index in [2.05, 4.69) is 33.5 Å². The van der Waals surface area contributed by atoms with Crippen LogP contribution in [-0.4, -0.2) is 26.3 Å². The van der Waals surface area contributed by atoms with Crippen molar-refractivity contribution in [3.05, 3.63) is 30.2 Å². The lowest BCUT2D eigenvalue weighted by Gasteiger charge is -2.04. The molecule has 2 heterocycles. The van der Waals surface area contributed by atoms with Crippen molar-refractivity contribution in [2.75, 3.05) is 11.9 Å². The number of nitrogens with zero attached hydrogens (tertiary/aromatic N) is 4. The number of rotatable bonds is 5. The van der Waals surface area contributed by atoms with Crippen molar-refractivity contribution in [3.8, 4) is 0 Å². The molecule has 0 fully saturated rings. The van der Waals surface area contributed by atoms with Crippen molar-refractivity contribution < 1.29 is 0 Å². The third-order valence-electron chi connectivity index (χ3n) is 2.22. The Balaban J connectivity index is 1.93. The monoisotopic (exact) mass is 249 g/mol. The van der Waals surface area contributed by atoms with Crippen LogP contribution in [0.1, 0.15) is 12.5 Å². The minimum absolute atomic E-state index is 0.853. The van der Waals surface area contributed by atoms with Crippen LogP contribution in [-0.2, 0) is 12.8 Å². The van der Waals surface area contributed by atoms with E-state index < -0.39 is 0 Å². The van der Waals surface area contributed by atoms with E-state index in [1.165, 1.54) is 5.56 Å². The highest BCUT2D eigenvalue weighted by Crippen LogP contribution is 2.19. The molecule has 17 heavy (non-hydrogen) atoms. The van der Waals surface area contributed by atoms with Crippen LogP contribution in [0.4, 0.5) is 5.82 Å². The van der Waals surface area contributed by atoms with Gasteiger partial charge in [-0.15, -0.1) is 10.2 Å². The Morgan fingerprint density at radius 2 is 2.29 bits per heavy atom. The summed E-state index contributed by atoms with van der Waals surface area (Å²) < 4.78 is 1.91. The first-order valence-electron chi connectivity index (χ1n) is 5.45. The molecule has 2 aromatic heterocycles. The zero-order valence-electron chi connectivity index (χ0n) is 9.92. The van der Waals surface area contributed by atoms with Crippen LogP contribution in [0, 0.1) is 0 Å². The van der Waals surface area contributed by atoms with Gasteiger partial charge in [-0.2, -0.15) is 0 Å². The topological polar surface area (TPSA) is 55.6 Å². The molecule has 2 rings (SSSR count). The zero-order chi connectivity index (χ0) is 12.1. The smallest absolute Gasteiger partial charge is 0.191 e. The van der Waals surface area contributed by atoms with Gasteiger partial charge in [-0.1, -0.05) is 17.8 Å². The fourth-order valence-electron chi connectivity index (χ4n) is 1.35. The highest BCUT2D eigenvalue weighted by atomic mass is 32.2. The van der Waals surface area contributed by atoms with Crippen molar-refractivity contribution in [2.24, 2.45) is 7.05 Å². The van der Waals surface area contributed by atoms with Crippen molar-refractivity contribution in [2.45, 2.75) is 17.8 Å². The molecule has 0 aliphatic carbocycles. The van der Waals surface area contributed by atoms with Crippen LogP contribution >= 0.6 is 11.8 Å². The summed E-state index contributed by atoms with van der Waals surface area (Å²) in [5, 5.41) is 11.9. The third-order valence-corrected chi connectivity index (χ3v) is 3.33. The summed E-state index contributed by atoms with van der Waals surface area (Å²) in [5.41, 5.74) is 1.18. The first kappa shape index (κ1) is 11.9. The van der Waals surface area contributed by atoms with E-state index in [9.17, 15) is 0 Å². The number of aryl methyl sites for hydroxylation is 1. The second kappa shape index (κ2) is 5.67. The first-order chi connectivity index (χ1) is 8.29. The summed E-state index contributed by atoms with van der Waals surface area (Å²) in [5.74, 6) is 1.77. The minimum Gasteiger partial charge on any atom is -0.370 e. The van der Waals surface area contributed by atoms with E-state index in [4.69, 9.17) is 0 Å². The SMILES string of the molecule is CCNc1ccc(CSc2nncn2C)cn1. The van der Waals surface area contributed by atoms with E-state index in [0.717, 1.165) is 23.3 Å². The van der Waals surface area contributed by atoms with E-state index in [1.807, 2.05) is 23.9 Å². The Morgan fingerprint density at radius 1 is 1.41 bits per heavy atom. The summed E-state index contributed by atoms with van der Waals surface area (Å²) in [6.45, 7) is 2.94. The molecule has 0 aromatic carbocycles. The standard InChI is InChI=1S/C11H15N5S/c1-3-12-10-5-4-9(6-13-10)7-17-11-15-14-8-16(11)2/h4-6,8H,3,7H2,1-2H3,(H,12,13). The van der Waals surface area contributed by atoms with Gasteiger partial charge in [0.1, 0.15) is 12.1 Å². The summed E-state index contributed by atoms with van der Waals surface area (Å²) in [6, 6.07) is 4.07. The largest absolute Gasteiger partial charge is 0.370 e. The lowest BCUT2D eigenvalue weighted by atomic mass is 10.3. The van der Waals surface area contributed by atoms with E-state index in [1.54, 1.807) is 18.1 Å². The molecule has 0 spiro atoms. The van der Waals surface area contributed by atoms with E-state index in [-0.39, 0.29) is 0 Å². The molecule has 90 valence electrons. The second-order valence-corrected chi connectivity index (χ2v) is 4.54. The van der Waals surface area contributed by atoms with Gasteiger partial charge in [0.2, 0.25) is 0 Å². The molecule has 0 saturated carbocycles. The fraction of sp³-hybridized carbons (Fsp3) is 0.364. The van der Waals surface area contributed by atoms with Gasteiger partial charge in [0, 0.05) is 25.5 Å². The Kier molecular flexibility index (Phi) is 3.98. The van der Waals surface area contributed by atoms with Gasteiger partial charge in [0.15, 0.2) is 5.16 Å². The summed E-state index contributed by atoms with van der Waals surface area (Å²) in [6.07, 6.45) is 3.59. The first-order valence-corrected chi connectivity index (χ1v) is 6.43. The molecular formula is C11H15N5S. The Labute approximate surface area is 105 Å². The number of anilines is 1. The normalized spacial score (nSPS) is 10.5. The Morgan fingerprint density at radius 3 is 2.88 bits per heavy atom. The average molecular weight is 249 g/mol. The highest BCUT2D eigenvalue weighted by molar-refractivity contribution is 7.98. The third kappa shape index (κ3) is 3.20. The Hall–Kier alpha value is -1.56. The van der Waals surface area contributed by atoms with Gasteiger partial charge in [0.25, 0.3) is 0 Å². The van der Waals surface area contributed by atoms with Crippen molar-refractivity contribution in [1.29, 1.82) is 0 Å². The lowest BCUT2D eigenvalue weighted by Crippen LogP contribution is -1.99. The van der Waals surface area contributed by atoms with Gasteiger partial charge < -0.3 is 9.88 Å². The predicted octanol–water partition coefficient (Wildman–Crippen LogP) is 1.93. The maximum atomic E-state index is 4.32. The molecule has 0 aliphatic rings. The molecule has 0 unspecified atom stereocenters. The van der Waals surface area contributed by atoms with Crippen LogP contribution in [0.5, 0.6) is 0 Å². The molecule has 5 nitrogen and oxygen atoms in total. The van der Waals surface area contributed by atoms with E-state index >= 15 is 0 Å². The Bertz CT molecular complexity index is 465. The lowest BCUT2D eigenvalue weighted by molar-refractivity contribution is 0.788. The second-order valence-electron chi connectivity index (χ2n) is 3.60. The maximum absolute atomic E-state index is 4.32. The van der Waals surface area contributed by atoms with Gasteiger partial charge >= 0.3 is 0 Å². The summed E-state index contributed by atoms with van der Waals surface area (Å²) in [7, 11) is 1.94. The number of hydrogen-bond donors (Lipinski definition) is 1. The van der Waals surface area contributed by atoms with Crippen LogP contribution in [0.2, 0.25) is 0 Å². The van der Waals surface area contributed by atoms with Gasteiger partial charge in [-0.25, -0.2) is 4.98 Å². The number of thioether (sulfide) groups is 1. The average Bonchev–Trinajstić information content (AvgIpc) is 2.75. The summed E-state index contributed by atoms with van der Waals surface area (Å²) in [4.78, 5) is 4.32. The molecular weight excluding hydrogens is 234 g/mol. The molecule has 0 aliphatic heterocycles. The van der Waals surface area contributed by atoms with Crippen LogP contribution in [0.25, 0.3) is 0 Å².